The van der Waals surface area contributed by atoms with Gasteiger partial charge in [0.1, 0.15) is 5.75 Å². The zero-order chi connectivity index (χ0) is 16.4. The van der Waals surface area contributed by atoms with Gasteiger partial charge in [-0.3, -0.25) is 4.79 Å². The zero-order valence-corrected chi connectivity index (χ0v) is 13.1. The van der Waals surface area contributed by atoms with E-state index in [9.17, 15) is 9.59 Å². The molecule has 1 amide bonds. The molecular formula is C17H14ClNO4. The molecule has 5 nitrogen and oxygen atoms in total. The molecule has 0 aliphatic carbocycles. The van der Waals surface area contributed by atoms with Crippen molar-refractivity contribution in [1.82, 2.24) is 0 Å². The van der Waals surface area contributed by atoms with Crippen molar-refractivity contribution in [2.45, 2.75) is 12.5 Å². The van der Waals surface area contributed by atoms with Crippen LogP contribution in [0, 0.1) is 0 Å². The van der Waals surface area contributed by atoms with Crippen LogP contribution >= 0.6 is 11.6 Å². The normalized spacial score (nSPS) is 16.3. The molecule has 2 aromatic carbocycles. The lowest BCUT2D eigenvalue weighted by molar-refractivity contribution is -0.125. The second-order valence-electron chi connectivity index (χ2n) is 5.12. The van der Waals surface area contributed by atoms with Crippen molar-refractivity contribution < 1.29 is 19.1 Å². The number of ether oxygens (including phenoxy) is 2. The van der Waals surface area contributed by atoms with Gasteiger partial charge >= 0.3 is 5.97 Å². The molecule has 6 heteroatoms. The molecule has 1 aliphatic heterocycles. The Balaban J connectivity index is 1.76. The molecule has 0 unspecified atom stereocenters. The number of cyclic esters (lactones) is 1. The Morgan fingerprint density at radius 3 is 2.91 bits per heavy atom. The fourth-order valence-electron chi connectivity index (χ4n) is 2.42. The fraction of sp³-hybridized carbons (Fsp3) is 0.176. The Bertz CT molecular complexity index is 775. The van der Waals surface area contributed by atoms with Gasteiger partial charge in [0.05, 0.1) is 12.7 Å². The molecule has 0 radical (unpaired) electrons. The van der Waals surface area contributed by atoms with Crippen LogP contribution in [0.5, 0.6) is 5.75 Å². The molecule has 0 fully saturated rings. The lowest BCUT2D eigenvalue weighted by atomic mass is 9.98. The maximum atomic E-state index is 12.3. The van der Waals surface area contributed by atoms with Gasteiger partial charge in [0.25, 0.3) is 5.91 Å². The molecule has 118 valence electrons. The maximum Gasteiger partial charge on any atom is 0.339 e. The predicted molar refractivity (Wildman–Crippen MR) is 86.0 cm³/mol. The summed E-state index contributed by atoms with van der Waals surface area (Å²) in [6.45, 7) is 0. The third-order valence-corrected chi connectivity index (χ3v) is 3.81. The number of fused-ring (bicyclic) bond motifs is 1. The van der Waals surface area contributed by atoms with E-state index >= 15 is 0 Å². The molecule has 0 bridgehead atoms. The van der Waals surface area contributed by atoms with E-state index in [-0.39, 0.29) is 5.91 Å². The van der Waals surface area contributed by atoms with Crippen LogP contribution in [0.2, 0.25) is 5.02 Å². The van der Waals surface area contributed by atoms with Crippen LogP contribution in [0.3, 0.4) is 0 Å². The summed E-state index contributed by atoms with van der Waals surface area (Å²) >= 11 is 5.88. The molecule has 1 atom stereocenters. The number of carbonyl (C=O) groups is 2. The van der Waals surface area contributed by atoms with Gasteiger partial charge in [0.2, 0.25) is 0 Å². The van der Waals surface area contributed by atoms with Crippen LogP contribution in [0.1, 0.15) is 15.9 Å². The second-order valence-corrected chi connectivity index (χ2v) is 5.56. The van der Waals surface area contributed by atoms with Crippen molar-refractivity contribution in [3.05, 3.63) is 58.6 Å². The third kappa shape index (κ3) is 3.29. The molecule has 23 heavy (non-hydrogen) atoms. The van der Waals surface area contributed by atoms with Crippen LogP contribution in [0.25, 0.3) is 0 Å². The Morgan fingerprint density at radius 1 is 1.30 bits per heavy atom. The fourth-order valence-corrected chi connectivity index (χ4v) is 2.59. The van der Waals surface area contributed by atoms with Crippen LogP contribution in [-0.2, 0) is 16.0 Å². The van der Waals surface area contributed by atoms with E-state index in [1.54, 1.807) is 49.6 Å². The number of carbonyl (C=O) groups excluding carboxylic acids is 2. The van der Waals surface area contributed by atoms with Crippen LogP contribution in [0.15, 0.2) is 42.5 Å². The van der Waals surface area contributed by atoms with E-state index in [0.717, 1.165) is 5.56 Å². The van der Waals surface area contributed by atoms with Crippen LogP contribution in [-0.4, -0.2) is 25.1 Å². The Labute approximate surface area is 138 Å². The topological polar surface area (TPSA) is 64.6 Å². The van der Waals surface area contributed by atoms with Crippen molar-refractivity contribution in [2.24, 2.45) is 0 Å². The minimum atomic E-state index is -0.873. The Morgan fingerprint density at radius 2 is 2.13 bits per heavy atom. The highest BCUT2D eigenvalue weighted by atomic mass is 35.5. The summed E-state index contributed by atoms with van der Waals surface area (Å²) in [5.41, 5.74) is 1.73. The van der Waals surface area contributed by atoms with Crippen molar-refractivity contribution >= 4 is 29.2 Å². The van der Waals surface area contributed by atoms with E-state index in [2.05, 4.69) is 5.32 Å². The number of hydrogen-bond donors (Lipinski definition) is 1. The molecular weight excluding hydrogens is 318 g/mol. The van der Waals surface area contributed by atoms with Gasteiger partial charge in [-0.25, -0.2) is 4.79 Å². The maximum absolute atomic E-state index is 12.3. The monoisotopic (exact) mass is 331 g/mol. The largest absolute Gasteiger partial charge is 0.497 e. The number of anilines is 1. The second kappa shape index (κ2) is 6.30. The summed E-state index contributed by atoms with van der Waals surface area (Å²) < 4.78 is 10.3. The highest BCUT2D eigenvalue weighted by Gasteiger charge is 2.31. The lowest BCUT2D eigenvalue weighted by Gasteiger charge is -2.24. The number of halogens is 1. The molecule has 0 aromatic heterocycles. The van der Waals surface area contributed by atoms with Crippen molar-refractivity contribution in [1.29, 1.82) is 0 Å². The summed E-state index contributed by atoms with van der Waals surface area (Å²) in [6.07, 6.45) is -0.559. The third-order valence-electron chi connectivity index (χ3n) is 3.58. The molecule has 0 spiro atoms. The average molecular weight is 332 g/mol. The molecule has 1 heterocycles. The summed E-state index contributed by atoms with van der Waals surface area (Å²) in [4.78, 5) is 24.4. The van der Waals surface area contributed by atoms with Gasteiger partial charge in [-0.05, 0) is 29.8 Å². The number of nitrogens with one attached hydrogen (secondary N) is 1. The Kier molecular flexibility index (Phi) is 4.21. The minimum absolute atomic E-state index is 0.314. The van der Waals surface area contributed by atoms with Crippen LogP contribution in [0.4, 0.5) is 5.69 Å². The van der Waals surface area contributed by atoms with Crippen molar-refractivity contribution in [3.8, 4) is 5.75 Å². The first-order valence-electron chi connectivity index (χ1n) is 7.01. The quantitative estimate of drug-likeness (QED) is 0.878. The molecule has 1 aliphatic rings. The number of methoxy groups -OCH3 is 1. The standard InChI is InChI=1S/C17H14ClNO4/c1-22-13-4-2-3-12(9-13)19-16(20)15-7-10-5-6-11(18)8-14(10)17(21)23-15/h2-6,8-9,15H,7H2,1H3,(H,19,20)/t15-/m1/s1. The first-order chi connectivity index (χ1) is 11.1. The number of esters is 1. The van der Waals surface area contributed by atoms with Crippen LogP contribution < -0.4 is 10.1 Å². The van der Waals surface area contributed by atoms with Crippen molar-refractivity contribution in [2.75, 3.05) is 12.4 Å². The lowest BCUT2D eigenvalue weighted by Crippen LogP contribution is -2.38. The first-order valence-corrected chi connectivity index (χ1v) is 7.39. The number of benzene rings is 2. The van der Waals surface area contributed by atoms with E-state index in [0.29, 0.717) is 28.4 Å². The molecule has 1 N–H and O–H groups in total. The number of hydrogen-bond acceptors (Lipinski definition) is 4. The molecule has 3 rings (SSSR count). The summed E-state index contributed by atoms with van der Waals surface area (Å²) in [6, 6.07) is 11.9. The van der Waals surface area contributed by atoms with Gasteiger partial charge in [-0.1, -0.05) is 23.7 Å². The summed E-state index contributed by atoms with van der Waals surface area (Å²) in [7, 11) is 1.55. The first kappa shape index (κ1) is 15.4. The van der Waals surface area contributed by atoms with Gasteiger partial charge in [0, 0.05) is 23.2 Å². The van der Waals surface area contributed by atoms with Gasteiger partial charge < -0.3 is 14.8 Å². The summed E-state index contributed by atoms with van der Waals surface area (Å²) in [5.74, 6) is -0.296. The van der Waals surface area contributed by atoms with Gasteiger partial charge in [-0.2, -0.15) is 0 Å². The minimum Gasteiger partial charge on any atom is -0.497 e. The van der Waals surface area contributed by atoms with E-state index in [1.165, 1.54) is 0 Å². The van der Waals surface area contributed by atoms with E-state index < -0.39 is 12.1 Å². The van der Waals surface area contributed by atoms with E-state index in [4.69, 9.17) is 21.1 Å². The molecule has 0 saturated carbocycles. The number of rotatable bonds is 3. The number of amides is 1. The highest BCUT2D eigenvalue weighted by Crippen LogP contribution is 2.25. The highest BCUT2D eigenvalue weighted by molar-refractivity contribution is 6.31. The van der Waals surface area contributed by atoms with Gasteiger partial charge in [0.15, 0.2) is 6.10 Å². The zero-order valence-electron chi connectivity index (χ0n) is 12.3. The average Bonchev–Trinajstić information content (AvgIpc) is 2.55. The van der Waals surface area contributed by atoms with Crippen molar-refractivity contribution in [3.63, 3.8) is 0 Å². The SMILES string of the molecule is COc1cccc(NC(=O)[C@H]2Cc3ccc(Cl)cc3C(=O)O2)c1. The summed E-state index contributed by atoms with van der Waals surface area (Å²) in [5, 5.41) is 3.19. The smallest absolute Gasteiger partial charge is 0.339 e. The molecule has 0 saturated heterocycles. The Hall–Kier alpha value is -2.53. The predicted octanol–water partition coefficient (Wildman–Crippen LogP) is 3.07. The van der Waals surface area contributed by atoms with Gasteiger partial charge in [-0.15, -0.1) is 0 Å². The van der Waals surface area contributed by atoms with E-state index in [1.807, 2.05) is 0 Å². The molecule has 2 aromatic rings.